The summed E-state index contributed by atoms with van der Waals surface area (Å²) in [5.41, 5.74) is 2.26. The standard InChI is InChI=1S/C17H17ClN4OS/c1-11(2)22(13-6-4-3-5-7-13)15(23)10-24-17-20-14-8-12(18)9-19-16(14)21-17/h3-9,11H,10H2,1-2H3,(H,19,20,21). The number of halogens is 1. The summed E-state index contributed by atoms with van der Waals surface area (Å²) in [5, 5.41) is 1.21. The Morgan fingerprint density at radius 3 is 2.79 bits per heavy atom. The number of pyridine rings is 1. The van der Waals surface area contributed by atoms with Gasteiger partial charge in [-0.3, -0.25) is 4.79 Å². The Morgan fingerprint density at radius 1 is 1.33 bits per heavy atom. The lowest BCUT2D eigenvalue weighted by atomic mass is 10.2. The van der Waals surface area contributed by atoms with E-state index in [9.17, 15) is 4.79 Å². The molecule has 24 heavy (non-hydrogen) atoms. The number of imidazole rings is 1. The van der Waals surface area contributed by atoms with Crippen molar-refractivity contribution in [3.63, 3.8) is 0 Å². The van der Waals surface area contributed by atoms with Gasteiger partial charge in [-0.05, 0) is 32.0 Å². The van der Waals surface area contributed by atoms with Crippen molar-refractivity contribution >= 4 is 46.1 Å². The zero-order valence-corrected chi connectivity index (χ0v) is 14.9. The zero-order chi connectivity index (χ0) is 17.1. The molecule has 3 rings (SSSR count). The van der Waals surface area contributed by atoms with Crippen LogP contribution in [0.3, 0.4) is 0 Å². The van der Waals surface area contributed by atoms with Crippen LogP contribution in [-0.2, 0) is 4.79 Å². The third kappa shape index (κ3) is 3.71. The van der Waals surface area contributed by atoms with Gasteiger partial charge >= 0.3 is 0 Å². The molecule has 0 aliphatic heterocycles. The minimum Gasteiger partial charge on any atom is -0.331 e. The van der Waals surface area contributed by atoms with Crippen molar-refractivity contribution in [2.75, 3.05) is 10.7 Å². The molecule has 0 aliphatic carbocycles. The lowest BCUT2D eigenvalue weighted by molar-refractivity contribution is -0.116. The predicted molar refractivity (Wildman–Crippen MR) is 98.7 cm³/mol. The normalized spacial score (nSPS) is 11.2. The second kappa shape index (κ2) is 7.23. The molecule has 0 spiro atoms. The van der Waals surface area contributed by atoms with Gasteiger partial charge in [0, 0.05) is 17.9 Å². The van der Waals surface area contributed by atoms with Crippen molar-refractivity contribution in [1.29, 1.82) is 0 Å². The van der Waals surface area contributed by atoms with Gasteiger partial charge in [0.1, 0.15) is 0 Å². The number of H-pyrrole nitrogens is 1. The van der Waals surface area contributed by atoms with Crippen LogP contribution in [0.15, 0.2) is 47.8 Å². The average Bonchev–Trinajstić information content (AvgIpc) is 2.95. The van der Waals surface area contributed by atoms with Crippen LogP contribution in [0.4, 0.5) is 5.69 Å². The van der Waals surface area contributed by atoms with E-state index >= 15 is 0 Å². The summed E-state index contributed by atoms with van der Waals surface area (Å²) in [6.45, 7) is 4.01. The third-order valence-electron chi connectivity index (χ3n) is 3.43. The van der Waals surface area contributed by atoms with Crippen molar-refractivity contribution in [1.82, 2.24) is 15.0 Å². The number of thioether (sulfide) groups is 1. The van der Waals surface area contributed by atoms with Gasteiger partial charge in [-0.15, -0.1) is 0 Å². The first-order chi connectivity index (χ1) is 11.5. The van der Waals surface area contributed by atoms with Crippen LogP contribution in [-0.4, -0.2) is 32.7 Å². The topological polar surface area (TPSA) is 61.9 Å². The highest BCUT2D eigenvalue weighted by Gasteiger charge is 2.19. The van der Waals surface area contributed by atoms with E-state index in [2.05, 4.69) is 15.0 Å². The van der Waals surface area contributed by atoms with Gasteiger partial charge in [0.05, 0.1) is 16.3 Å². The van der Waals surface area contributed by atoms with Crippen molar-refractivity contribution in [2.45, 2.75) is 25.0 Å². The number of nitrogens with zero attached hydrogens (tertiary/aromatic N) is 3. The molecule has 0 atom stereocenters. The van der Waals surface area contributed by atoms with Gasteiger partial charge in [0.25, 0.3) is 0 Å². The number of nitrogens with one attached hydrogen (secondary N) is 1. The molecule has 0 bridgehead atoms. The van der Waals surface area contributed by atoms with E-state index in [0.29, 0.717) is 21.6 Å². The number of anilines is 1. The molecule has 0 saturated carbocycles. The maximum Gasteiger partial charge on any atom is 0.237 e. The Hall–Kier alpha value is -2.05. The molecule has 1 N–H and O–H groups in total. The number of hydrogen-bond acceptors (Lipinski definition) is 4. The molecule has 0 aliphatic rings. The largest absolute Gasteiger partial charge is 0.331 e. The molecule has 3 aromatic rings. The Kier molecular flexibility index (Phi) is 5.06. The predicted octanol–water partition coefficient (Wildman–Crippen LogP) is 4.15. The SMILES string of the molecule is CC(C)N(C(=O)CSc1nc2ncc(Cl)cc2[nH]1)c1ccccc1. The Morgan fingerprint density at radius 2 is 2.08 bits per heavy atom. The average molecular weight is 361 g/mol. The van der Waals surface area contributed by atoms with Crippen LogP contribution < -0.4 is 4.90 Å². The minimum atomic E-state index is 0.0349. The summed E-state index contributed by atoms with van der Waals surface area (Å²) in [7, 11) is 0. The highest BCUT2D eigenvalue weighted by Crippen LogP contribution is 2.23. The van der Waals surface area contributed by atoms with Gasteiger partial charge < -0.3 is 9.88 Å². The number of carbonyl (C=O) groups is 1. The van der Waals surface area contributed by atoms with Crippen LogP contribution in [0.5, 0.6) is 0 Å². The second-order valence-corrected chi connectivity index (χ2v) is 6.95. The van der Waals surface area contributed by atoms with E-state index < -0.39 is 0 Å². The van der Waals surface area contributed by atoms with Crippen molar-refractivity contribution in [2.24, 2.45) is 0 Å². The van der Waals surface area contributed by atoms with E-state index in [1.54, 1.807) is 17.2 Å². The molecule has 2 heterocycles. The van der Waals surface area contributed by atoms with E-state index in [0.717, 1.165) is 11.2 Å². The number of hydrogen-bond donors (Lipinski definition) is 1. The van der Waals surface area contributed by atoms with Gasteiger partial charge in [-0.25, -0.2) is 9.97 Å². The van der Waals surface area contributed by atoms with Gasteiger partial charge in [-0.1, -0.05) is 41.6 Å². The smallest absolute Gasteiger partial charge is 0.237 e. The van der Waals surface area contributed by atoms with E-state index in [1.807, 2.05) is 44.2 Å². The van der Waals surface area contributed by atoms with E-state index in [4.69, 9.17) is 11.6 Å². The highest BCUT2D eigenvalue weighted by atomic mass is 35.5. The first-order valence-electron chi connectivity index (χ1n) is 7.56. The fourth-order valence-electron chi connectivity index (χ4n) is 2.44. The highest BCUT2D eigenvalue weighted by molar-refractivity contribution is 7.99. The van der Waals surface area contributed by atoms with Gasteiger partial charge in [0.15, 0.2) is 10.8 Å². The first kappa shape index (κ1) is 16.8. The number of aromatic nitrogens is 3. The fraction of sp³-hybridized carbons (Fsp3) is 0.235. The Balaban J connectivity index is 1.73. The molecular formula is C17H17ClN4OS. The summed E-state index contributed by atoms with van der Waals surface area (Å²) >= 11 is 7.28. The van der Waals surface area contributed by atoms with Gasteiger partial charge in [0.2, 0.25) is 5.91 Å². The number of fused-ring (bicyclic) bond motifs is 1. The molecule has 5 nitrogen and oxygen atoms in total. The van der Waals surface area contributed by atoms with Crippen molar-refractivity contribution < 1.29 is 4.79 Å². The molecule has 0 saturated heterocycles. The summed E-state index contributed by atoms with van der Waals surface area (Å²) in [4.78, 5) is 26.1. The van der Waals surface area contributed by atoms with Crippen molar-refractivity contribution in [3.05, 3.63) is 47.6 Å². The fourth-order valence-corrected chi connectivity index (χ4v) is 3.33. The zero-order valence-electron chi connectivity index (χ0n) is 13.4. The summed E-state index contributed by atoms with van der Waals surface area (Å²) < 4.78 is 0. The first-order valence-corrected chi connectivity index (χ1v) is 8.92. The van der Waals surface area contributed by atoms with Gasteiger partial charge in [-0.2, -0.15) is 0 Å². The van der Waals surface area contributed by atoms with Crippen LogP contribution in [0.2, 0.25) is 5.02 Å². The minimum absolute atomic E-state index is 0.0349. The number of rotatable bonds is 5. The number of para-hydroxylation sites is 1. The number of aromatic amines is 1. The lowest BCUT2D eigenvalue weighted by Crippen LogP contribution is -2.38. The van der Waals surface area contributed by atoms with Crippen LogP contribution >= 0.6 is 23.4 Å². The third-order valence-corrected chi connectivity index (χ3v) is 4.50. The molecular weight excluding hydrogens is 344 g/mol. The van der Waals surface area contributed by atoms with Crippen LogP contribution in [0.1, 0.15) is 13.8 Å². The quantitative estimate of drug-likeness (QED) is 0.694. The molecule has 124 valence electrons. The molecule has 7 heteroatoms. The van der Waals surface area contributed by atoms with E-state index in [1.165, 1.54) is 11.8 Å². The molecule has 0 fully saturated rings. The monoisotopic (exact) mass is 360 g/mol. The summed E-state index contributed by atoms with van der Waals surface area (Å²) in [5.74, 6) is 0.327. The maximum absolute atomic E-state index is 12.7. The van der Waals surface area contributed by atoms with E-state index in [-0.39, 0.29) is 11.9 Å². The summed E-state index contributed by atoms with van der Waals surface area (Å²) in [6, 6.07) is 11.5. The second-order valence-electron chi connectivity index (χ2n) is 5.55. The van der Waals surface area contributed by atoms with Crippen LogP contribution in [0.25, 0.3) is 11.2 Å². The number of benzene rings is 1. The number of carbonyl (C=O) groups excluding carboxylic acids is 1. The molecule has 2 aromatic heterocycles. The lowest BCUT2D eigenvalue weighted by Gasteiger charge is -2.26. The Labute approximate surface area is 149 Å². The molecule has 0 radical (unpaired) electrons. The summed E-state index contributed by atoms with van der Waals surface area (Å²) in [6.07, 6.45) is 1.56. The number of amides is 1. The molecule has 1 aromatic carbocycles. The Bertz CT molecular complexity index is 850. The van der Waals surface area contributed by atoms with Crippen LogP contribution in [0, 0.1) is 0 Å². The maximum atomic E-state index is 12.7. The van der Waals surface area contributed by atoms with Crippen molar-refractivity contribution in [3.8, 4) is 0 Å². The molecule has 0 unspecified atom stereocenters. The molecule has 1 amide bonds.